The molecule has 2 N–H and O–H groups in total. The van der Waals surface area contributed by atoms with E-state index in [1.807, 2.05) is 33.8 Å². The number of fused-ring (bicyclic) bond motifs is 1. The molecule has 102 valence electrons. The largest absolute Gasteiger partial charge is 0.481 e. The summed E-state index contributed by atoms with van der Waals surface area (Å²) >= 11 is 0. The highest BCUT2D eigenvalue weighted by Gasteiger charge is 2.33. The average Bonchev–Trinajstić information content (AvgIpc) is 2.56. The maximum atomic E-state index is 11.6. The van der Waals surface area contributed by atoms with Crippen molar-refractivity contribution in [2.75, 3.05) is 5.32 Å². The lowest BCUT2D eigenvalue weighted by Gasteiger charge is -2.29. The molecule has 1 heterocycles. The van der Waals surface area contributed by atoms with Crippen LogP contribution in [0.4, 0.5) is 5.69 Å². The second-order valence-electron chi connectivity index (χ2n) is 5.91. The molecule has 1 aliphatic rings. The molecule has 0 spiro atoms. The van der Waals surface area contributed by atoms with Gasteiger partial charge in [0.15, 0.2) is 0 Å². The summed E-state index contributed by atoms with van der Waals surface area (Å²) in [5.41, 5.74) is 4.40. The lowest BCUT2D eigenvalue weighted by Crippen LogP contribution is -2.24. The van der Waals surface area contributed by atoms with Crippen molar-refractivity contribution in [3.63, 3.8) is 0 Å². The van der Waals surface area contributed by atoms with Crippen LogP contribution in [0.3, 0.4) is 0 Å². The van der Waals surface area contributed by atoms with Gasteiger partial charge in [-0.3, -0.25) is 9.59 Å². The van der Waals surface area contributed by atoms with E-state index in [-0.39, 0.29) is 12.3 Å². The predicted octanol–water partition coefficient (Wildman–Crippen LogP) is 2.55. The Kier molecular flexibility index (Phi) is 3.12. The van der Waals surface area contributed by atoms with Crippen molar-refractivity contribution in [3.8, 4) is 0 Å². The first kappa shape index (κ1) is 13.6. The molecule has 1 aromatic rings. The quantitative estimate of drug-likeness (QED) is 0.878. The number of anilines is 1. The first-order chi connectivity index (χ1) is 8.72. The Hall–Kier alpha value is -1.84. The molecule has 0 bridgehead atoms. The molecule has 0 saturated heterocycles. The molecule has 0 fully saturated rings. The summed E-state index contributed by atoms with van der Waals surface area (Å²) in [7, 11) is 0. The second-order valence-corrected chi connectivity index (χ2v) is 5.91. The summed E-state index contributed by atoms with van der Waals surface area (Å²) in [6, 6.07) is 2.02. The predicted molar refractivity (Wildman–Crippen MR) is 73.5 cm³/mol. The van der Waals surface area contributed by atoms with Crippen LogP contribution in [0.25, 0.3) is 0 Å². The van der Waals surface area contributed by atoms with Crippen molar-refractivity contribution in [1.82, 2.24) is 0 Å². The van der Waals surface area contributed by atoms with Crippen LogP contribution in [-0.2, 0) is 21.4 Å². The molecule has 1 aromatic carbocycles. The van der Waals surface area contributed by atoms with Gasteiger partial charge in [0.2, 0.25) is 5.91 Å². The van der Waals surface area contributed by atoms with E-state index in [0.717, 1.165) is 27.9 Å². The Labute approximate surface area is 112 Å². The van der Waals surface area contributed by atoms with Gasteiger partial charge in [-0.1, -0.05) is 19.9 Å². The standard InChI is InChI=1S/C15H19NO3/c1-8-5-10-6-11(17)16-14(10)13(9(8)2)15(3,4)7-12(18)19/h5H,6-7H2,1-4H3,(H,16,17)(H,18,19). The van der Waals surface area contributed by atoms with Crippen LogP contribution in [0.15, 0.2) is 6.07 Å². The number of rotatable bonds is 3. The van der Waals surface area contributed by atoms with E-state index in [2.05, 4.69) is 5.32 Å². The van der Waals surface area contributed by atoms with E-state index in [0.29, 0.717) is 6.42 Å². The monoisotopic (exact) mass is 261 g/mol. The van der Waals surface area contributed by atoms with E-state index in [4.69, 9.17) is 5.11 Å². The Bertz CT molecular complexity index is 573. The lowest BCUT2D eigenvalue weighted by molar-refractivity contribution is -0.138. The first-order valence-electron chi connectivity index (χ1n) is 6.37. The van der Waals surface area contributed by atoms with Crippen molar-refractivity contribution >= 4 is 17.6 Å². The molecule has 0 saturated carbocycles. The number of carbonyl (C=O) groups is 2. The summed E-state index contributed by atoms with van der Waals surface area (Å²) in [6.45, 7) is 7.80. The van der Waals surface area contributed by atoms with Crippen LogP contribution in [0, 0.1) is 13.8 Å². The molecule has 19 heavy (non-hydrogen) atoms. The highest BCUT2D eigenvalue weighted by atomic mass is 16.4. The number of aliphatic carboxylic acids is 1. The zero-order valence-electron chi connectivity index (χ0n) is 11.8. The molecule has 0 aromatic heterocycles. The molecule has 4 nitrogen and oxygen atoms in total. The third-order valence-corrected chi connectivity index (χ3v) is 3.81. The van der Waals surface area contributed by atoms with Gasteiger partial charge in [0.05, 0.1) is 12.8 Å². The number of amides is 1. The topological polar surface area (TPSA) is 66.4 Å². The average molecular weight is 261 g/mol. The summed E-state index contributed by atoms with van der Waals surface area (Å²) in [6.07, 6.45) is 0.423. The van der Waals surface area contributed by atoms with Gasteiger partial charge >= 0.3 is 5.97 Å². The van der Waals surface area contributed by atoms with Gasteiger partial charge in [0, 0.05) is 11.1 Å². The zero-order valence-corrected chi connectivity index (χ0v) is 11.8. The molecule has 1 amide bonds. The number of hydrogen-bond acceptors (Lipinski definition) is 2. The zero-order chi connectivity index (χ0) is 14.4. The van der Waals surface area contributed by atoms with Crippen LogP contribution in [-0.4, -0.2) is 17.0 Å². The van der Waals surface area contributed by atoms with Crippen molar-refractivity contribution in [2.24, 2.45) is 0 Å². The Morgan fingerprint density at radius 3 is 2.63 bits per heavy atom. The van der Waals surface area contributed by atoms with Gasteiger partial charge in [0.25, 0.3) is 0 Å². The summed E-state index contributed by atoms with van der Waals surface area (Å²) in [5.74, 6) is -0.851. The van der Waals surface area contributed by atoms with Crippen LogP contribution >= 0.6 is 0 Å². The highest BCUT2D eigenvalue weighted by Crippen LogP contribution is 2.41. The molecular formula is C15H19NO3. The number of aryl methyl sites for hydroxylation is 1. The smallest absolute Gasteiger partial charge is 0.304 e. The van der Waals surface area contributed by atoms with Gasteiger partial charge in [-0.2, -0.15) is 0 Å². The van der Waals surface area contributed by atoms with Gasteiger partial charge in [-0.25, -0.2) is 0 Å². The van der Waals surface area contributed by atoms with Crippen LogP contribution < -0.4 is 5.32 Å². The second kappa shape index (κ2) is 4.37. The van der Waals surface area contributed by atoms with E-state index in [9.17, 15) is 9.59 Å². The molecule has 2 rings (SSSR count). The van der Waals surface area contributed by atoms with Crippen LogP contribution in [0.5, 0.6) is 0 Å². The number of nitrogens with one attached hydrogen (secondary N) is 1. The van der Waals surface area contributed by atoms with Gasteiger partial charge < -0.3 is 10.4 Å². The number of carboxylic acids is 1. The van der Waals surface area contributed by atoms with Crippen molar-refractivity contribution in [1.29, 1.82) is 0 Å². The number of carboxylic acid groups (broad SMARTS) is 1. The van der Waals surface area contributed by atoms with E-state index in [1.54, 1.807) is 0 Å². The van der Waals surface area contributed by atoms with Gasteiger partial charge in [-0.15, -0.1) is 0 Å². The Balaban J connectivity index is 2.63. The van der Waals surface area contributed by atoms with Crippen molar-refractivity contribution in [3.05, 3.63) is 28.3 Å². The van der Waals surface area contributed by atoms with Gasteiger partial charge in [-0.05, 0) is 36.1 Å². The third-order valence-electron chi connectivity index (χ3n) is 3.81. The fourth-order valence-corrected chi connectivity index (χ4v) is 2.94. The minimum atomic E-state index is -0.830. The third kappa shape index (κ3) is 2.35. The fraction of sp³-hybridized carbons (Fsp3) is 0.467. The van der Waals surface area contributed by atoms with Crippen molar-refractivity contribution in [2.45, 2.75) is 46.0 Å². The molecule has 1 aliphatic heterocycles. The fourth-order valence-electron chi connectivity index (χ4n) is 2.94. The van der Waals surface area contributed by atoms with Crippen molar-refractivity contribution < 1.29 is 14.7 Å². The maximum absolute atomic E-state index is 11.6. The van der Waals surface area contributed by atoms with Crippen LogP contribution in [0.2, 0.25) is 0 Å². The molecule has 4 heteroatoms. The normalized spacial score (nSPS) is 14.2. The highest BCUT2D eigenvalue weighted by molar-refractivity contribution is 6.00. The number of hydrogen-bond donors (Lipinski definition) is 2. The Morgan fingerprint density at radius 2 is 2.05 bits per heavy atom. The summed E-state index contributed by atoms with van der Waals surface area (Å²) in [4.78, 5) is 22.7. The molecule has 0 unspecified atom stereocenters. The first-order valence-corrected chi connectivity index (χ1v) is 6.37. The van der Waals surface area contributed by atoms with Crippen LogP contribution in [0.1, 0.15) is 42.5 Å². The van der Waals surface area contributed by atoms with E-state index >= 15 is 0 Å². The van der Waals surface area contributed by atoms with Gasteiger partial charge in [0.1, 0.15) is 0 Å². The minimum absolute atomic E-state index is 0.0209. The van der Waals surface area contributed by atoms with E-state index < -0.39 is 11.4 Å². The summed E-state index contributed by atoms with van der Waals surface area (Å²) < 4.78 is 0. The molecule has 0 radical (unpaired) electrons. The number of benzene rings is 1. The molecular weight excluding hydrogens is 242 g/mol. The molecule has 0 aliphatic carbocycles. The number of carbonyl (C=O) groups excluding carboxylic acids is 1. The summed E-state index contributed by atoms with van der Waals surface area (Å²) in [5, 5.41) is 12.0. The maximum Gasteiger partial charge on any atom is 0.304 e. The Morgan fingerprint density at radius 1 is 1.42 bits per heavy atom. The molecule has 0 atom stereocenters. The SMILES string of the molecule is Cc1cc2c(c(C(C)(C)CC(=O)O)c1C)NC(=O)C2. The lowest BCUT2D eigenvalue weighted by atomic mass is 9.76. The minimum Gasteiger partial charge on any atom is -0.481 e. The van der Waals surface area contributed by atoms with E-state index in [1.165, 1.54) is 0 Å².